The number of hydrogen-bond donors (Lipinski definition) is 1. The molecule has 1 atom stereocenters. The Hall–Kier alpha value is -3.46. The van der Waals surface area contributed by atoms with Crippen molar-refractivity contribution in [2.24, 2.45) is 11.0 Å². The Balaban J connectivity index is 1.49. The number of nitrogens with one attached hydrogen (secondary N) is 1. The fourth-order valence-corrected chi connectivity index (χ4v) is 3.89. The highest BCUT2D eigenvalue weighted by Gasteiger charge is 2.60. The second-order valence-corrected chi connectivity index (χ2v) is 7.43. The highest BCUT2D eigenvalue weighted by molar-refractivity contribution is 5.97. The van der Waals surface area contributed by atoms with Gasteiger partial charge in [-0.3, -0.25) is 4.79 Å². The summed E-state index contributed by atoms with van der Waals surface area (Å²) in [4.78, 5) is 12.9. The molecule has 0 unspecified atom stereocenters. The van der Waals surface area contributed by atoms with Crippen molar-refractivity contribution in [3.63, 3.8) is 0 Å². The van der Waals surface area contributed by atoms with Gasteiger partial charge in [0.15, 0.2) is 0 Å². The maximum Gasteiger partial charge on any atom is 0.244 e. The van der Waals surface area contributed by atoms with Gasteiger partial charge in [-0.2, -0.15) is 5.10 Å². The van der Waals surface area contributed by atoms with Gasteiger partial charge in [0.2, 0.25) is 5.91 Å². The van der Waals surface area contributed by atoms with Crippen molar-refractivity contribution in [2.45, 2.75) is 18.8 Å². The summed E-state index contributed by atoms with van der Waals surface area (Å²) in [5.41, 5.74) is 6.72. The van der Waals surface area contributed by atoms with Crippen LogP contribution in [0.4, 0.5) is 0 Å². The van der Waals surface area contributed by atoms with Crippen LogP contribution < -0.4 is 5.43 Å². The van der Waals surface area contributed by atoms with Gasteiger partial charge in [0.05, 0.1) is 11.6 Å². The first-order valence-electron chi connectivity index (χ1n) is 9.88. The third-order valence-electron chi connectivity index (χ3n) is 5.51. The zero-order valence-corrected chi connectivity index (χ0v) is 16.5. The minimum atomic E-state index is -0.268. The second-order valence-electron chi connectivity index (χ2n) is 7.43. The normalized spacial score (nSPS) is 17.8. The van der Waals surface area contributed by atoms with Crippen LogP contribution in [0.5, 0.6) is 0 Å². The molecule has 0 spiro atoms. The molecule has 1 fully saturated rings. The van der Waals surface area contributed by atoms with Crippen molar-refractivity contribution in [3.8, 4) is 0 Å². The summed E-state index contributed by atoms with van der Waals surface area (Å²) >= 11 is 0. The van der Waals surface area contributed by atoms with Gasteiger partial charge in [-0.15, -0.1) is 0 Å². The highest BCUT2D eigenvalue weighted by Crippen LogP contribution is 2.58. The fourth-order valence-electron chi connectivity index (χ4n) is 3.89. The van der Waals surface area contributed by atoms with E-state index in [4.69, 9.17) is 0 Å². The molecule has 4 rings (SSSR count). The van der Waals surface area contributed by atoms with Crippen molar-refractivity contribution in [1.82, 2.24) is 5.43 Å². The van der Waals surface area contributed by atoms with Gasteiger partial charge in [-0.05, 0) is 36.1 Å². The van der Waals surface area contributed by atoms with Crippen molar-refractivity contribution >= 4 is 17.7 Å². The van der Waals surface area contributed by atoms with Crippen molar-refractivity contribution < 1.29 is 4.79 Å². The Morgan fingerprint density at radius 1 is 0.897 bits per heavy atom. The highest BCUT2D eigenvalue weighted by atomic mass is 16.2. The molecule has 29 heavy (non-hydrogen) atoms. The fraction of sp³-hybridized carbons (Fsp3) is 0.154. The molecule has 1 aliphatic rings. The van der Waals surface area contributed by atoms with Crippen LogP contribution in [0.2, 0.25) is 0 Å². The quantitative estimate of drug-likeness (QED) is 0.464. The molecule has 3 aromatic rings. The van der Waals surface area contributed by atoms with Crippen LogP contribution in [0.15, 0.2) is 102 Å². The smallest absolute Gasteiger partial charge is 0.244 e. The van der Waals surface area contributed by atoms with Gasteiger partial charge in [0.25, 0.3) is 0 Å². The third-order valence-corrected chi connectivity index (χ3v) is 5.51. The van der Waals surface area contributed by atoms with Gasteiger partial charge < -0.3 is 0 Å². The number of rotatable bonds is 6. The molecule has 0 heterocycles. The first-order chi connectivity index (χ1) is 14.2. The number of carbonyl (C=O) groups excluding carboxylic acids is 1. The van der Waals surface area contributed by atoms with Gasteiger partial charge in [0.1, 0.15) is 0 Å². The maximum absolute atomic E-state index is 12.9. The van der Waals surface area contributed by atoms with E-state index in [1.165, 1.54) is 11.1 Å². The number of hydrazone groups is 1. The molecule has 0 aromatic heterocycles. The van der Waals surface area contributed by atoms with Crippen LogP contribution in [0.3, 0.4) is 0 Å². The van der Waals surface area contributed by atoms with E-state index in [0.717, 1.165) is 17.7 Å². The summed E-state index contributed by atoms with van der Waals surface area (Å²) in [5.74, 6) is -0.160. The molecule has 1 N–H and O–H groups in total. The van der Waals surface area contributed by atoms with Crippen LogP contribution >= 0.6 is 0 Å². The molecule has 1 saturated carbocycles. The van der Waals surface area contributed by atoms with E-state index in [-0.39, 0.29) is 17.2 Å². The topological polar surface area (TPSA) is 41.5 Å². The van der Waals surface area contributed by atoms with E-state index in [1.807, 2.05) is 85.8 Å². The lowest BCUT2D eigenvalue weighted by Crippen LogP contribution is -2.26. The van der Waals surface area contributed by atoms with Crippen molar-refractivity contribution in [2.75, 3.05) is 0 Å². The maximum atomic E-state index is 12.9. The molecular weight excluding hydrogens is 356 g/mol. The molecule has 0 radical (unpaired) electrons. The summed E-state index contributed by atoms with van der Waals surface area (Å²) in [6.45, 7) is 1.88. The predicted octanol–water partition coefficient (Wildman–Crippen LogP) is 5.20. The van der Waals surface area contributed by atoms with E-state index < -0.39 is 0 Å². The van der Waals surface area contributed by atoms with Crippen LogP contribution in [0, 0.1) is 5.92 Å². The second kappa shape index (κ2) is 8.27. The Morgan fingerprint density at radius 2 is 1.41 bits per heavy atom. The van der Waals surface area contributed by atoms with Gasteiger partial charge >= 0.3 is 0 Å². The molecule has 3 aromatic carbocycles. The zero-order chi connectivity index (χ0) is 20.1. The monoisotopic (exact) mass is 380 g/mol. The molecule has 1 aliphatic carbocycles. The summed E-state index contributed by atoms with van der Waals surface area (Å²) in [6, 6.07) is 30.6. The summed E-state index contributed by atoms with van der Waals surface area (Å²) in [5, 5.41) is 4.28. The van der Waals surface area contributed by atoms with Gasteiger partial charge in [-0.1, -0.05) is 97.1 Å². The number of carbonyl (C=O) groups is 1. The molecule has 0 bridgehead atoms. The Labute approximate surface area is 171 Å². The summed E-state index contributed by atoms with van der Waals surface area (Å²) in [7, 11) is 0. The number of nitrogens with zero attached hydrogens (tertiary/aromatic N) is 1. The molecule has 0 saturated heterocycles. The molecule has 144 valence electrons. The third kappa shape index (κ3) is 4.04. The Bertz CT molecular complexity index is 985. The number of hydrogen-bond acceptors (Lipinski definition) is 2. The SMILES string of the molecule is CC(/C=C/c1ccccc1)=N/NC(=O)[C@@H]1CC1(c1ccccc1)c1ccccc1. The standard InChI is InChI=1S/C26H24N2O/c1-20(17-18-21-11-5-2-6-12-21)27-28-25(29)24-19-26(24,22-13-7-3-8-14-22)23-15-9-4-10-16-23/h2-18,24H,19H2,1H3,(H,28,29)/b18-17+,27-20-/t24-/m0/s1. The lowest BCUT2D eigenvalue weighted by Gasteiger charge is -2.18. The van der Waals surface area contributed by atoms with E-state index in [0.29, 0.717) is 0 Å². The first kappa shape index (κ1) is 18.9. The molecular formula is C26H24N2O. The Morgan fingerprint density at radius 3 is 1.97 bits per heavy atom. The average Bonchev–Trinajstić information content (AvgIpc) is 3.55. The van der Waals surface area contributed by atoms with Crippen LogP contribution in [-0.4, -0.2) is 11.6 Å². The molecule has 3 heteroatoms. The summed E-state index contributed by atoms with van der Waals surface area (Å²) in [6.07, 6.45) is 4.69. The lowest BCUT2D eigenvalue weighted by molar-refractivity contribution is -0.122. The van der Waals surface area contributed by atoms with Gasteiger partial charge in [0, 0.05) is 5.41 Å². The van der Waals surface area contributed by atoms with E-state index in [1.54, 1.807) is 0 Å². The van der Waals surface area contributed by atoms with Gasteiger partial charge in [-0.25, -0.2) is 5.43 Å². The van der Waals surface area contributed by atoms with Crippen LogP contribution in [0.25, 0.3) is 6.08 Å². The number of allylic oxidation sites excluding steroid dienone is 1. The average molecular weight is 380 g/mol. The van der Waals surface area contributed by atoms with Crippen LogP contribution in [-0.2, 0) is 10.2 Å². The summed E-state index contributed by atoms with van der Waals surface area (Å²) < 4.78 is 0. The lowest BCUT2D eigenvalue weighted by atomic mass is 9.85. The Kier molecular flexibility index (Phi) is 5.39. The van der Waals surface area contributed by atoms with Crippen LogP contribution in [0.1, 0.15) is 30.0 Å². The largest absolute Gasteiger partial charge is 0.273 e. The minimum Gasteiger partial charge on any atom is -0.273 e. The van der Waals surface area contributed by atoms with Crippen molar-refractivity contribution in [1.29, 1.82) is 0 Å². The zero-order valence-electron chi connectivity index (χ0n) is 16.5. The molecule has 0 aliphatic heterocycles. The van der Waals surface area contributed by atoms with Crippen molar-refractivity contribution in [3.05, 3.63) is 114 Å². The van der Waals surface area contributed by atoms with E-state index >= 15 is 0 Å². The van der Waals surface area contributed by atoms with E-state index in [9.17, 15) is 4.79 Å². The first-order valence-corrected chi connectivity index (χ1v) is 9.88. The number of amides is 1. The number of benzene rings is 3. The minimum absolute atomic E-state index is 0.0369. The predicted molar refractivity (Wildman–Crippen MR) is 118 cm³/mol. The molecule has 3 nitrogen and oxygen atoms in total. The molecule has 1 amide bonds. The van der Waals surface area contributed by atoms with E-state index in [2.05, 4.69) is 34.8 Å².